The van der Waals surface area contributed by atoms with Crippen molar-refractivity contribution in [1.82, 2.24) is 9.88 Å². The maximum atomic E-state index is 12.7. The van der Waals surface area contributed by atoms with Crippen LogP contribution in [0.1, 0.15) is 37.5 Å². The zero-order chi connectivity index (χ0) is 16.5. The van der Waals surface area contributed by atoms with Crippen LogP contribution in [0.25, 0.3) is 17.2 Å². The lowest BCUT2D eigenvalue weighted by Crippen LogP contribution is -2.34. The Balaban J connectivity index is 1.54. The normalized spacial score (nSPS) is 15.9. The number of carbonyl (C=O) groups is 1. The summed E-state index contributed by atoms with van der Waals surface area (Å²) in [6.07, 6.45) is 6.87. The first-order valence-electron chi connectivity index (χ1n) is 8.12. The van der Waals surface area contributed by atoms with E-state index in [4.69, 9.17) is 8.83 Å². The Hall–Kier alpha value is -2.82. The van der Waals surface area contributed by atoms with Gasteiger partial charge < -0.3 is 13.7 Å². The number of hydrogen-bond acceptors (Lipinski definition) is 4. The number of aromatic nitrogens is 1. The highest BCUT2D eigenvalue weighted by atomic mass is 16.3. The van der Waals surface area contributed by atoms with Crippen molar-refractivity contribution < 1.29 is 13.6 Å². The Bertz CT molecular complexity index is 842. The molecule has 2 heterocycles. The summed E-state index contributed by atoms with van der Waals surface area (Å²) in [5.41, 5.74) is 1.50. The lowest BCUT2D eigenvalue weighted by atomic mass is 10.2. The van der Waals surface area contributed by atoms with E-state index in [1.807, 2.05) is 48.2 Å². The Kier molecular flexibility index (Phi) is 3.69. The van der Waals surface area contributed by atoms with Crippen molar-refractivity contribution in [2.45, 2.75) is 31.8 Å². The quantitative estimate of drug-likeness (QED) is 0.661. The third-order valence-corrected chi connectivity index (χ3v) is 4.25. The average molecular weight is 322 g/mol. The molecular formula is C19H18N2O3. The standard InChI is InChI=1S/C19H18N2O3/c1-13(16-7-4-12-23-16)21(14-8-9-14)19(22)11-10-18-20-15-5-2-3-6-17(15)24-18/h2-7,10-14H,8-9H2,1H3. The summed E-state index contributed by atoms with van der Waals surface area (Å²) >= 11 is 0. The predicted octanol–water partition coefficient (Wildman–Crippen LogP) is 4.19. The van der Waals surface area contributed by atoms with Crippen LogP contribution in [0.3, 0.4) is 0 Å². The zero-order valence-corrected chi connectivity index (χ0v) is 13.4. The van der Waals surface area contributed by atoms with Crippen LogP contribution in [0.4, 0.5) is 0 Å². The van der Waals surface area contributed by atoms with Crippen LogP contribution in [0.2, 0.25) is 0 Å². The van der Waals surface area contributed by atoms with Gasteiger partial charge in [-0.15, -0.1) is 0 Å². The number of nitrogens with zero attached hydrogens (tertiary/aromatic N) is 2. The van der Waals surface area contributed by atoms with Gasteiger partial charge in [-0.3, -0.25) is 4.79 Å². The molecule has 1 amide bonds. The Morgan fingerprint density at radius 2 is 2.12 bits per heavy atom. The van der Waals surface area contributed by atoms with Crippen LogP contribution in [-0.4, -0.2) is 21.8 Å². The topological polar surface area (TPSA) is 59.5 Å². The Morgan fingerprint density at radius 3 is 2.83 bits per heavy atom. The van der Waals surface area contributed by atoms with E-state index in [-0.39, 0.29) is 18.0 Å². The van der Waals surface area contributed by atoms with E-state index in [9.17, 15) is 4.79 Å². The number of para-hydroxylation sites is 2. The molecule has 24 heavy (non-hydrogen) atoms. The molecular weight excluding hydrogens is 304 g/mol. The third-order valence-electron chi connectivity index (χ3n) is 4.25. The molecule has 1 aliphatic carbocycles. The first-order chi connectivity index (χ1) is 11.7. The molecule has 0 bridgehead atoms. The minimum atomic E-state index is -0.0896. The van der Waals surface area contributed by atoms with E-state index >= 15 is 0 Å². The van der Waals surface area contributed by atoms with Crippen LogP contribution in [0.5, 0.6) is 0 Å². The Morgan fingerprint density at radius 1 is 1.29 bits per heavy atom. The van der Waals surface area contributed by atoms with E-state index in [2.05, 4.69) is 4.98 Å². The van der Waals surface area contributed by atoms with Gasteiger partial charge in [0.25, 0.3) is 0 Å². The molecule has 5 heteroatoms. The predicted molar refractivity (Wildman–Crippen MR) is 90.0 cm³/mol. The summed E-state index contributed by atoms with van der Waals surface area (Å²) in [7, 11) is 0. The first kappa shape index (κ1) is 14.8. The number of furan rings is 1. The number of rotatable bonds is 5. The van der Waals surface area contributed by atoms with Gasteiger partial charge in [-0.05, 0) is 44.0 Å². The number of hydrogen-bond donors (Lipinski definition) is 0. The first-order valence-corrected chi connectivity index (χ1v) is 8.12. The maximum absolute atomic E-state index is 12.7. The SMILES string of the molecule is CC(c1ccco1)N(C(=O)C=Cc1nc2ccccc2o1)C1CC1. The van der Waals surface area contributed by atoms with Crippen molar-refractivity contribution in [2.24, 2.45) is 0 Å². The number of benzene rings is 1. The van der Waals surface area contributed by atoms with Crippen molar-refractivity contribution in [2.75, 3.05) is 0 Å². The highest BCUT2D eigenvalue weighted by Crippen LogP contribution is 2.34. The summed E-state index contributed by atoms with van der Waals surface area (Å²) < 4.78 is 11.1. The summed E-state index contributed by atoms with van der Waals surface area (Å²) in [5, 5.41) is 0. The Labute approximate surface area is 139 Å². The fraction of sp³-hybridized carbons (Fsp3) is 0.263. The smallest absolute Gasteiger partial charge is 0.247 e. The summed E-state index contributed by atoms with van der Waals surface area (Å²) in [4.78, 5) is 18.9. The lowest BCUT2D eigenvalue weighted by Gasteiger charge is -2.26. The molecule has 1 aromatic carbocycles. The molecule has 5 nitrogen and oxygen atoms in total. The van der Waals surface area contributed by atoms with E-state index in [1.54, 1.807) is 12.3 Å². The van der Waals surface area contributed by atoms with Gasteiger partial charge in [0.1, 0.15) is 11.3 Å². The highest BCUT2D eigenvalue weighted by molar-refractivity contribution is 5.92. The second kappa shape index (κ2) is 6.00. The molecule has 0 spiro atoms. The molecule has 3 aromatic rings. The van der Waals surface area contributed by atoms with Crippen LogP contribution in [0, 0.1) is 0 Å². The second-order valence-electron chi connectivity index (χ2n) is 6.02. The number of carbonyl (C=O) groups excluding carboxylic acids is 1. The fourth-order valence-corrected chi connectivity index (χ4v) is 2.90. The van der Waals surface area contributed by atoms with Crippen molar-refractivity contribution in [3.63, 3.8) is 0 Å². The largest absolute Gasteiger partial charge is 0.467 e. The van der Waals surface area contributed by atoms with E-state index in [0.29, 0.717) is 11.5 Å². The minimum Gasteiger partial charge on any atom is -0.467 e. The zero-order valence-electron chi connectivity index (χ0n) is 13.4. The molecule has 0 aliphatic heterocycles. The van der Waals surface area contributed by atoms with E-state index in [1.165, 1.54) is 6.08 Å². The van der Waals surface area contributed by atoms with Crippen LogP contribution < -0.4 is 0 Å². The van der Waals surface area contributed by atoms with Gasteiger partial charge in [0, 0.05) is 18.2 Å². The second-order valence-corrected chi connectivity index (χ2v) is 6.02. The van der Waals surface area contributed by atoms with Gasteiger partial charge in [-0.1, -0.05) is 12.1 Å². The van der Waals surface area contributed by atoms with Crippen LogP contribution in [-0.2, 0) is 4.79 Å². The van der Waals surface area contributed by atoms with E-state index < -0.39 is 0 Å². The van der Waals surface area contributed by atoms with Crippen LogP contribution >= 0.6 is 0 Å². The number of fused-ring (bicyclic) bond motifs is 1. The number of oxazole rings is 1. The van der Waals surface area contributed by atoms with Crippen molar-refractivity contribution in [1.29, 1.82) is 0 Å². The average Bonchev–Trinajstić information content (AvgIpc) is 3.13. The highest BCUT2D eigenvalue weighted by Gasteiger charge is 2.36. The molecule has 1 unspecified atom stereocenters. The molecule has 122 valence electrons. The third kappa shape index (κ3) is 2.85. The monoisotopic (exact) mass is 322 g/mol. The summed E-state index contributed by atoms with van der Waals surface area (Å²) in [6, 6.07) is 11.5. The summed E-state index contributed by atoms with van der Waals surface area (Å²) in [5.74, 6) is 1.18. The molecule has 1 fully saturated rings. The minimum absolute atomic E-state index is 0.0522. The van der Waals surface area contributed by atoms with Gasteiger partial charge >= 0.3 is 0 Å². The van der Waals surface area contributed by atoms with Crippen molar-refractivity contribution in [3.8, 4) is 0 Å². The fourth-order valence-electron chi connectivity index (χ4n) is 2.90. The molecule has 0 saturated heterocycles. The summed E-state index contributed by atoms with van der Waals surface area (Å²) in [6.45, 7) is 1.99. The molecule has 2 aromatic heterocycles. The molecule has 1 aliphatic rings. The van der Waals surface area contributed by atoms with Gasteiger partial charge in [0.2, 0.25) is 11.8 Å². The maximum Gasteiger partial charge on any atom is 0.247 e. The molecule has 1 atom stereocenters. The molecule has 4 rings (SSSR count). The molecule has 0 N–H and O–H groups in total. The lowest BCUT2D eigenvalue weighted by molar-refractivity contribution is -0.129. The van der Waals surface area contributed by atoms with Gasteiger partial charge in [-0.2, -0.15) is 0 Å². The molecule has 1 saturated carbocycles. The van der Waals surface area contributed by atoms with Gasteiger partial charge in [0.05, 0.1) is 12.3 Å². The van der Waals surface area contributed by atoms with Gasteiger partial charge in [-0.25, -0.2) is 4.98 Å². The number of amides is 1. The van der Waals surface area contributed by atoms with Crippen molar-refractivity contribution >= 4 is 23.1 Å². The van der Waals surface area contributed by atoms with Gasteiger partial charge in [0.15, 0.2) is 5.58 Å². The van der Waals surface area contributed by atoms with Crippen molar-refractivity contribution in [3.05, 3.63) is 60.4 Å². The van der Waals surface area contributed by atoms with Crippen LogP contribution in [0.15, 0.2) is 57.6 Å². The molecule has 0 radical (unpaired) electrons. The van der Waals surface area contributed by atoms with E-state index in [0.717, 1.165) is 24.1 Å².